The normalized spacial score (nSPS) is 11.5. The highest BCUT2D eigenvalue weighted by Crippen LogP contribution is 2.29. The highest BCUT2D eigenvalue weighted by atomic mass is 19.4. The van der Waals surface area contributed by atoms with Gasteiger partial charge in [0.05, 0.1) is 5.56 Å². The van der Waals surface area contributed by atoms with Crippen LogP contribution in [-0.4, -0.2) is 5.78 Å². The summed E-state index contributed by atoms with van der Waals surface area (Å²) in [6, 6.07) is 10.2. The van der Waals surface area contributed by atoms with Gasteiger partial charge in [0, 0.05) is 12.0 Å². The van der Waals surface area contributed by atoms with Crippen LogP contribution in [0.4, 0.5) is 13.2 Å². The molecule has 0 atom stereocenters. The molecule has 2 rings (SSSR count). The molecule has 0 aliphatic rings. The zero-order valence-electron chi connectivity index (χ0n) is 11.8. The third kappa shape index (κ3) is 3.72. The van der Waals surface area contributed by atoms with Crippen molar-refractivity contribution in [2.45, 2.75) is 26.4 Å². The predicted molar refractivity (Wildman–Crippen MR) is 75.4 cm³/mol. The highest BCUT2D eigenvalue weighted by Gasteiger charge is 2.30. The monoisotopic (exact) mass is 292 g/mol. The van der Waals surface area contributed by atoms with E-state index < -0.39 is 11.7 Å². The van der Waals surface area contributed by atoms with Crippen LogP contribution in [0.1, 0.15) is 32.6 Å². The molecule has 2 aromatic rings. The van der Waals surface area contributed by atoms with E-state index in [1.165, 1.54) is 12.1 Å². The number of aryl methyl sites for hydroxylation is 2. The second kappa shape index (κ2) is 5.72. The average molecular weight is 292 g/mol. The van der Waals surface area contributed by atoms with Gasteiger partial charge in [-0.2, -0.15) is 13.2 Å². The Morgan fingerprint density at radius 2 is 1.71 bits per heavy atom. The van der Waals surface area contributed by atoms with Gasteiger partial charge in [0.2, 0.25) is 0 Å². The van der Waals surface area contributed by atoms with Crippen molar-refractivity contribution in [1.82, 2.24) is 0 Å². The molecular weight excluding hydrogens is 277 g/mol. The summed E-state index contributed by atoms with van der Waals surface area (Å²) in [7, 11) is 0. The van der Waals surface area contributed by atoms with Crippen LogP contribution in [0, 0.1) is 13.8 Å². The van der Waals surface area contributed by atoms with Crippen molar-refractivity contribution in [2.24, 2.45) is 0 Å². The summed E-state index contributed by atoms with van der Waals surface area (Å²) in [5.41, 5.74) is 2.27. The number of ketones is 1. The van der Waals surface area contributed by atoms with Gasteiger partial charge in [-0.15, -0.1) is 0 Å². The first kappa shape index (κ1) is 15.3. The summed E-state index contributed by atoms with van der Waals surface area (Å²) in [6.07, 6.45) is -4.33. The molecule has 21 heavy (non-hydrogen) atoms. The summed E-state index contributed by atoms with van der Waals surface area (Å²) >= 11 is 0. The fraction of sp³-hybridized carbons (Fsp3) is 0.235. The lowest BCUT2D eigenvalue weighted by Crippen LogP contribution is -2.09. The summed E-state index contributed by atoms with van der Waals surface area (Å²) in [5, 5.41) is 0. The van der Waals surface area contributed by atoms with Gasteiger partial charge in [-0.25, -0.2) is 0 Å². The van der Waals surface area contributed by atoms with Crippen LogP contribution >= 0.6 is 0 Å². The Hall–Kier alpha value is -2.10. The number of alkyl halides is 3. The summed E-state index contributed by atoms with van der Waals surface area (Å²) in [4.78, 5) is 12.1. The maximum absolute atomic E-state index is 12.6. The van der Waals surface area contributed by atoms with Crippen molar-refractivity contribution >= 4 is 5.78 Å². The Kier molecular flexibility index (Phi) is 4.16. The molecule has 0 heterocycles. The molecule has 0 saturated carbocycles. The molecule has 4 heteroatoms. The number of carbonyl (C=O) groups is 1. The van der Waals surface area contributed by atoms with Crippen LogP contribution in [0.25, 0.3) is 0 Å². The van der Waals surface area contributed by atoms with Crippen molar-refractivity contribution in [3.05, 3.63) is 70.3 Å². The van der Waals surface area contributed by atoms with E-state index in [1.807, 2.05) is 32.0 Å². The largest absolute Gasteiger partial charge is 0.416 e. The Morgan fingerprint density at radius 1 is 1.00 bits per heavy atom. The Balaban J connectivity index is 2.22. The minimum absolute atomic E-state index is 0.0862. The molecule has 0 aliphatic heterocycles. The Labute approximate surface area is 121 Å². The number of hydrogen-bond acceptors (Lipinski definition) is 1. The zero-order valence-corrected chi connectivity index (χ0v) is 11.8. The van der Waals surface area contributed by atoms with Crippen LogP contribution in [0.15, 0.2) is 42.5 Å². The van der Waals surface area contributed by atoms with Crippen molar-refractivity contribution in [2.75, 3.05) is 0 Å². The number of Topliss-reactive ketones (excluding diaryl/α,β-unsaturated/α-hetero) is 1. The molecule has 0 radical (unpaired) electrons. The molecule has 0 unspecified atom stereocenters. The Morgan fingerprint density at radius 3 is 2.33 bits per heavy atom. The van der Waals surface area contributed by atoms with Crippen molar-refractivity contribution < 1.29 is 18.0 Å². The lowest BCUT2D eigenvalue weighted by atomic mass is 9.98. The molecule has 0 N–H and O–H groups in total. The molecule has 0 spiro atoms. The van der Waals surface area contributed by atoms with E-state index in [2.05, 4.69) is 0 Å². The third-order valence-electron chi connectivity index (χ3n) is 3.45. The molecule has 110 valence electrons. The van der Waals surface area contributed by atoms with Crippen LogP contribution < -0.4 is 0 Å². The second-order valence-corrected chi connectivity index (χ2v) is 5.10. The molecule has 2 aromatic carbocycles. The minimum atomic E-state index is -4.43. The number of halogens is 3. The van der Waals surface area contributed by atoms with Crippen molar-refractivity contribution in [3.8, 4) is 0 Å². The van der Waals surface area contributed by atoms with Crippen LogP contribution in [-0.2, 0) is 12.6 Å². The van der Waals surface area contributed by atoms with E-state index in [0.29, 0.717) is 0 Å². The predicted octanol–water partition coefficient (Wildman–Crippen LogP) is 4.75. The van der Waals surface area contributed by atoms with E-state index in [4.69, 9.17) is 0 Å². The topological polar surface area (TPSA) is 17.1 Å². The van der Waals surface area contributed by atoms with Crippen molar-refractivity contribution in [1.29, 1.82) is 0 Å². The van der Waals surface area contributed by atoms with Gasteiger partial charge in [0.15, 0.2) is 5.78 Å². The molecule has 0 aromatic heterocycles. The van der Waals surface area contributed by atoms with Gasteiger partial charge in [0.25, 0.3) is 0 Å². The molecule has 0 bridgehead atoms. The van der Waals surface area contributed by atoms with E-state index in [1.54, 1.807) is 0 Å². The molecular formula is C17H15F3O. The van der Waals surface area contributed by atoms with E-state index in [9.17, 15) is 18.0 Å². The van der Waals surface area contributed by atoms with Gasteiger partial charge in [-0.3, -0.25) is 4.79 Å². The molecule has 0 aliphatic carbocycles. The van der Waals surface area contributed by atoms with Gasteiger partial charge < -0.3 is 0 Å². The maximum Gasteiger partial charge on any atom is 0.416 e. The number of rotatable bonds is 3. The first-order chi connectivity index (χ1) is 9.77. The van der Waals surface area contributed by atoms with Gasteiger partial charge in [-0.05, 0) is 42.7 Å². The summed E-state index contributed by atoms with van der Waals surface area (Å²) < 4.78 is 37.9. The van der Waals surface area contributed by atoms with E-state index in [0.717, 1.165) is 28.8 Å². The smallest absolute Gasteiger partial charge is 0.294 e. The lowest BCUT2D eigenvalue weighted by molar-refractivity contribution is -0.137. The average Bonchev–Trinajstić information content (AvgIpc) is 2.42. The fourth-order valence-electron chi connectivity index (χ4n) is 2.07. The van der Waals surface area contributed by atoms with Gasteiger partial charge in [0.1, 0.15) is 0 Å². The second-order valence-electron chi connectivity index (χ2n) is 5.10. The first-order valence-corrected chi connectivity index (χ1v) is 6.54. The number of benzene rings is 2. The zero-order chi connectivity index (χ0) is 15.6. The first-order valence-electron chi connectivity index (χ1n) is 6.54. The third-order valence-corrected chi connectivity index (χ3v) is 3.45. The van der Waals surface area contributed by atoms with Gasteiger partial charge in [-0.1, -0.05) is 30.3 Å². The maximum atomic E-state index is 12.6. The lowest BCUT2D eigenvalue weighted by Gasteiger charge is -2.09. The van der Waals surface area contributed by atoms with Crippen LogP contribution in [0.5, 0.6) is 0 Å². The Bertz CT molecular complexity index is 672. The van der Waals surface area contributed by atoms with E-state index in [-0.39, 0.29) is 17.8 Å². The molecule has 0 fully saturated rings. The van der Waals surface area contributed by atoms with Crippen LogP contribution in [0.3, 0.4) is 0 Å². The summed E-state index contributed by atoms with van der Waals surface area (Å²) in [6.45, 7) is 3.90. The van der Waals surface area contributed by atoms with Crippen LogP contribution in [0.2, 0.25) is 0 Å². The van der Waals surface area contributed by atoms with Gasteiger partial charge >= 0.3 is 6.18 Å². The minimum Gasteiger partial charge on any atom is -0.294 e. The highest BCUT2D eigenvalue weighted by molar-refractivity contribution is 5.97. The van der Waals surface area contributed by atoms with Crippen molar-refractivity contribution in [3.63, 3.8) is 0 Å². The number of hydrogen-bond donors (Lipinski definition) is 0. The molecule has 0 amide bonds. The van der Waals surface area contributed by atoms with E-state index >= 15 is 0 Å². The SMILES string of the molecule is Cc1ccc(CC(=O)c2cccc(C(F)(F)F)c2)cc1C. The number of carbonyl (C=O) groups excluding carboxylic acids is 1. The standard InChI is InChI=1S/C17H15F3O/c1-11-6-7-13(8-12(11)2)9-16(21)14-4-3-5-15(10-14)17(18,19)20/h3-8,10H,9H2,1-2H3. The molecule has 0 saturated heterocycles. The molecule has 1 nitrogen and oxygen atoms in total. The quantitative estimate of drug-likeness (QED) is 0.746. The fourth-order valence-corrected chi connectivity index (χ4v) is 2.07. The summed E-state index contributed by atoms with van der Waals surface area (Å²) in [5.74, 6) is -0.315.